The quantitative estimate of drug-likeness (QED) is 0.577. The first kappa shape index (κ1) is 19.5. The van der Waals surface area contributed by atoms with Gasteiger partial charge in [0.05, 0.1) is 0 Å². The van der Waals surface area contributed by atoms with E-state index in [1.165, 1.54) is 17.6 Å². The van der Waals surface area contributed by atoms with Gasteiger partial charge < -0.3 is 14.6 Å². The number of aryl methyl sites for hydroxylation is 1. The molecule has 1 N–H and O–H groups in total. The van der Waals surface area contributed by atoms with Crippen LogP contribution in [0.4, 0.5) is 0 Å². The van der Waals surface area contributed by atoms with E-state index in [2.05, 4.69) is 18.2 Å². The van der Waals surface area contributed by atoms with Crippen molar-refractivity contribution in [2.45, 2.75) is 51.2 Å². The van der Waals surface area contributed by atoms with Crippen LogP contribution in [-0.4, -0.2) is 23.8 Å². The molecule has 0 fully saturated rings. The minimum atomic E-state index is -1.07. The summed E-state index contributed by atoms with van der Waals surface area (Å²) in [5.41, 5.74) is 0.206. The Hall–Kier alpha value is -1.85. The summed E-state index contributed by atoms with van der Waals surface area (Å²) in [7, 11) is 1.45. The minimum Gasteiger partial charge on any atom is -0.488 e. The molecule has 1 unspecified atom stereocenters. The van der Waals surface area contributed by atoms with Crippen molar-refractivity contribution in [2.75, 3.05) is 7.11 Å². The van der Waals surface area contributed by atoms with Crippen molar-refractivity contribution in [2.24, 2.45) is 0 Å². The van der Waals surface area contributed by atoms with Gasteiger partial charge in [-0.15, -0.1) is 11.3 Å². The van der Waals surface area contributed by atoms with Crippen molar-refractivity contribution in [3.8, 4) is 5.75 Å². The molecule has 0 radical (unpaired) electrons. The van der Waals surface area contributed by atoms with Crippen LogP contribution in [0.2, 0.25) is 0 Å². The standard InChI is InChI=1S/C20H26O4S/c1-20(23-2,19(21)22)13-5-3-4-7-16-9-11-17(12-10-16)24-15-18-8-6-14-25-18/h6,8-12,14H,3-5,7,13,15H2,1-2H3,(H,21,22). The number of benzene rings is 1. The molecule has 1 aromatic heterocycles. The van der Waals surface area contributed by atoms with Crippen LogP contribution < -0.4 is 4.74 Å². The Balaban J connectivity index is 1.67. The molecule has 136 valence electrons. The molecule has 1 atom stereocenters. The number of aliphatic carboxylic acids is 1. The zero-order valence-electron chi connectivity index (χ0n) is 14.9. The van der Waals surface area contributed by atoms with Crippen molar-refractivity contribution in [1.29, 1.82) is 0 Å². The number of carboxylic acids is 1. The van der Waals surface area contributed by atoms with Gasteiger partial charge in [-0.05, 0) is 61.7 Å². The molecule has 2 rings (SSSR count). The molecule has 1 aromatic carbocycles. The second-order valence-electron chi connectivity index (χ2n) is 6.31. The lowest BCUT2D eigenvalue weighted by molar-refractivity contribution is -0.161. The Morgan fingerprint density at radius 3 is 2.52 bits per heavy atom. The van der Waals surface area contributed by atoms with Gasteiger partial charge in [0, 0.05) is 12.0 Å². The largest absolute Gasteiger partial charge is 0.488 e. The third kappa shape index (κ3) is 6.18. The number of methoxy groups -OCH3 is 1. The maximum Gasteiger partial charge on any atom is 0.335 e. The van der Waals surface area contributed by atoms with Crippen LogP contribution in [0, 0.1) is 0 Å². The van der Waals surface area contributed by atoms with E-state index in [0.717, 1.165) is 31.4 Å². The minimum absolute atomic E-state index is 0.536. The first-order valence-electron chi connectivity index (χ1n) is 8.56. The maximum absolute atomic E-state index is 11.2. The van der Waals surface area contributed by atoms with Crippen LogP contribution >= 0.6 is 11.3 Å². The molecule has 0 saturated heterocycles. The molecule has 0 spiro atoms. The Labute approximate surface area is 153 Å². The van der Waals surface area contributed by atoms with E-state index in [1.807, 2.05) is 23.6 Å². The molecular weight excluding hydrogens is 336 g/mol. The Morgan fingerprint density at radius 2 is 1.92 bits per heavy atom. The molecule has 25 heavy (non-hydrogen) atoms. The Kier molecular flexibility index (Phi) is 7.47. The van der Waals surface area contributed by atoms with Gasteiger partial charge in [0.15, 0.2) is 5.60 Å². The van der Waals surface area contributed by atoms with E-state index in [9.17, 15) is 4.79 Å². The molecular formula is C20H26O4S. The summed E-state index contributed by atoms with van der Waals surface area (Å²) in [6.07, 6.45) is 4.40. The van der Waals surface area contributed by atoms with Gasteiger partial charge in [0.25, 0.3) is 0 Å². The Bertz CT molecular complexity index is 636. The van der Waals surface area contributed by atoms with Crippen molar-refractivity contribution >= 4 is 17.3 Å². The highest BCUT2D eigenvalue weighted by molar-refractivity contribution is 7.09. The third-order valence-electron chi connectivity index (χ3n) is 4.41. The molecule has 5 heteroatoms. The normalized spacial score (nSPS) is 13.4. The summed E-state index contributed by atoms with van der Waals surface area (Å²) < 4.78 is 10.9. The summed E-state index contributed by atoms with van der Waals surface area (Å²) in [5, 5.41) is 11.2. The van der Waals surface area contributed by atoms with Gasteiger partial charge in [-0.2, -0.15) is 0 Å². The van der Waals surface area contributed by atoms with Crippen molar-refractivity contribution in [3.63, 3.8) is 0 Å². The molecule has 0 aliphatic rings. The molecule has 0 aliphatic carbocycles. The highest BCUT2D eigenvalue weighted by Gasteiger charge is 2.31. The average molecular weight is 362 g/mol. The zero-order valence-corrected chi connectivity index (χ0v) is 15.7. The first-order valence-corrected chi connectivity index (χ1v) is 9.44. The fraction of sp³-hybridized carbons (Fsp3) is 0.450. The molecule has 0 bridgehead atoms. The Morgan fingerprint density at radius 1 is 1.16 bits per heavy atom. The van der Waals surface area contributed by atoms with Gasteiger partial charge >= 0.3 is 5.97 Å². The highest BCUT2D eigenvalue weighted by atomic mass is 32.1. The van der Waals surface area contributed by atoms with Gasteiger partial charge in [-0.25, -0.2) is 4.79 Å². The fourth-order valence-corrected chi connectivity index (χ4v) is 3.18. The van der Waals surface area contributed by atoms with Crippen LogP contribution in [0.3, 0.4) is 0 Å². The van der Waals surface area contributed by atoms with E-state index < -0.39 is 11.6 Å². The summed E-state index contributed by atoms with van der Waals surface area (Å²) in [5.74, 6) is -0.0115. The molecule has 0 amide bonds. The topological polar surface area (TPSA) is 55.8 Å². The number of carbonyl (C=O) groups is 1. The van der Waals surface area contributed by atoms with E-state index in [0.29, 0.717) is 13.0 Å². The predicted octanol–water partition coefficient (Wildman–Crippen LogP) is 4.92. The van der Waals surface area contributed by atoms with Gasteiger partial charge in [-0.1, -0.05) is 24.6 Å². The number of hydrogen-bond donors (Lipinski definition) is 1. The van der Waals surface area contributed by atoms with Gasteiger partial charge in [0.2, 0.25) is 0 Å². The number of ether oxygens (including phenoxy) is 2. The first-order chi connectivity index (χ1) is 12.0. The highest BCUT2D eigenvalue weighted by Crippen LogP contribution is 2.20. The smallest absolute Gasteiger partial charge is 0.335 e. The number of thiophene rings is 1. The molecule has 0 aliphatic heterocycles. The summed E-state index contributed by atoms with van der Waals surface area (Å²) in [6, 6.07) is 12.3. The SMILES string of the molecule is COC(C)(CCCCCc1ccc(OCc2cccs2)cc1)C(=O)O. The maximum atomic E-state index is 11.2. The lowest BCUT2D eigenvalue weighted by Gasteiger charge is -2.22. The van der Waals surface area contributed by atoms with E-state index in [1.54, 1.807) is 18.3 Å². The fourth-order valence-electron chi connectivity index (χ4n) is 2.57. The summed E-state index contributed by atoms with van der Waals surface area (Å²) in [4.78, 5) is 12.4. The van der Waals surface area contributed by atoms with Crippen LogP contribution in [0.15, 0.2) is 41.8 Å². The molecule has 1 heterocycles. The monoisotopic (exact) mass is 362 g/mol. The van der Waals surface area contributed by atoms with E-state index >= 15 is 0 Å². The number of hydrogen-bond acceptors (Lipinski definition) is 4. The van der Waals surface area contributed by atoms with Crippen molar-refractivity contribution in [3.05, 3.63) is 52.2 Å². The second-order valence-corrected chi connectivity index (χ2v) is 7.35. The second kappa shape index (κ2) is 9.59. The molecule has 4 nitrogen and oxygen atoms in total. The van der Waals surface area contributed by atoms with E-state index in [4.69, 9.17) is 14.6 Å². The van der Waals surface area contributed by atoms with Crippen LogP contribution in [-0.2, 0) is 22.6 Å². The average Bonchev–Trinajstić information content (AvgIpc) is 3.14. The predicted molar refractivity (Wildman–Crippen MR) is 100 cm³/mol. The summed E-state index contributed by atoms with van der Waals surface area (Å²) >= 11 is 1.70. The van der Waals surface area contributed by atoms with Crippen LogP contribution in [0.5, 0.6) is 5.75 Å². The molecule has 0 saturated carbocycles. The van der Waals surface area contributed by atoms with Crippen molar-refractivity contribution in [1.82, 2.24) is 0 Å². The lowest BCUT2D eigenvalue weighted by Crippen LogP contribution is -2.37. The van der Waals surface area contributed by atoms with Gasteiger partial charge in [-0.3, -0.25) is 0 Å². The summed E-state index contributed by atoms with van der Waals surface area (Å²) in [6.45, 7) is 2.24. The number of unbranched alkanes of at least 4 members (excludes halogenated alkanes) is 2. The van der Waals surface area contributed by atoms with Gasteiger partial charge in [0.1, 0.15) is 12.4 Å². The zero-order chi connectivity index (χ0) is 18.1. The van der Waals surface area contributed by atoms with Crippen LogP contribution in [0.1, 0.15) is 43.0 Å². The third-order valence-corrected chi connectivity index (χ3v) is 5.26. The van der Waals surface area contributed by atoms with E-state index in [-0.39, 0.29) is 0 Å². The van der Waals surface area contributed by atoms with Crippen molar-refractivity contribution < 1.29 is 19.4 Å². The lowest BCUT2D eigenvalue weighted by atomic mass is 9.97. The van der Waals surface area contributed by atoms with Crippen LogP contribution in [0.25, 0.3) is 0 Å². The number of carboxylic acid groups (broad SMARTS) is 1. The molecule has 2 aromatic rings. The number of rotatable bonds is 11.